The first-order valence-electron chi connectivity index (χ1n) is 36.3. The second-order valence-corrected chi connectivity index (χ2v) is 25.3. The first-order chi connectivity index (χ1) is 43.6. The van der Waals surface area contributed by atoms with Crippen molar-refractivity contribution >= 4 is 5.91 Å². The molecule has 12 unspecified atom stereocenters. The van der Waals surface area contributed by atoms with Crippen molar-refractivity contribution in [3.05, 3.63) is 85.1 Å². The maximum absolute atomic E-state index is 13.3. The number of unbranched alkanes of at least 4 members (excludes halogenated alkanes) is 34. The number of carbonyl (C=O) groups is 1. The highest BCUT2D eigenvalue weighted by molar-refractivity contribution is 5.76. The Morgan fingerprint density at radius 3 is 1.24 bits per heavy atom. The minimum absolute atomic E-state index is 0.246. The number of hydrogen-bond donors (Lipinski definition) is 9. The summed E-state index contributed by atoms with van der Waals surface area (Å²) in [7, 11) is 0. The van der Waals surface area contributed by atoms with Crippen LogP contribution in [-0.2, 0) is 23.7 Å². The molecular formula is C75H133NO13. The van der Waals surface area contributed by atoms with Crippen LogP contribution in [0.3, 0.4) is 0 Å². The minimum Gasteiger partial charge on any atom is -0.394 e. The Kier molecular flexibility index (Phi) is 54.5. The highest BCUT2D eigenvalue weighted by atomic mass is 16.7. The maximum atomic E-state index is 13.3. The molecule has 0 aromatic heterocycles. The van der Waals surface area contributed by atoms with Gasteiger partial charge in [-0.15, -0.1) is 0 Å². The van der Waals surface area contributed by atoms with Gasteiger partial charge in [0, 0.05) is 6.42 Å². The summed E-state index contributed by atoms with van der Waals surface area (Å²) in [4.78, 5) is 13.3. The monoisotopic (exact) mass is 1260 g/mol. The Balaban J connectivity index is 1.58. The van der Waals surface area contributed by atoms with Gasteiger partial charge in [-0.25, -0.2) is 0 Å². The number of aliphatic hydroxyl groups is 8. The van der Waals surface area contributed by atoms with E-state index >= 15 is 0 Å². The van der Waals surface area contributed by atoms with E-state index in [0.29, 0.717) is 12.8 Å². The Morgan fingerprint density at radius 1 is 0.416 bits per heavy atom. The minimum atomic E-state index is -1.79. The van der Waals surface area contributed by atoms with E-state index in [9.17, 15) is 45.6 Å². The van der Waals surface area contributed by atoms with Crippen LogP contribution in [0.4, 0.5) is 0 Å². The lowest BCUT2D eigenvalue weighted by Crippen LogP contribution is -2.65. The lowest BCUT2D eigenvalue weighted by atomic mass is 9.97. The molecule has 14 nitrogen and oxygen atoms in total. The van der Waals surface area contributed by atoms with Gasteiger partial charge in [-0.2, -0.15) is 0 Å². The van der Waals surface area contributed by atoms with Crippen LogP contribution in [0, 0.1) is 0 Å². The summed E-state index contributed by atoms with van der Waals surface area (Å²) in [5.74, 6) is -0.246. The predicted molar refractivity (Wildman–Crippen MR) is 364 cm³/mol. The number of ether oxygens (including phenoxy) is 4. The van der Waals surface area contributed by atoms with Crippen molar-refractivity contribution in [2.45, 2.75) is 364 Å². The molecule has 89 heavy (non-hydrogen) atoms. The Bertz CT molecular complexity index is 1820. The number of carbonyl (C=O) groups excluding carboxylic acids is 1. The largest absolute Gasteiger partial charge is 0.394 e. The van der Waals surface area contributed by atoms with Gasteiger partial charge in [0.05, 0.1) is 32.0 Å². The van der Waals surface area contributed by atoms with Crippen LogP contribution < -0.4 is 5.32 Å². The van der Waals surface area contributed by atoms with Gasteiger partial charge < -0.3 is 65.1 Å². The molecule has 516 valence electrons. The van der Waals surface area contributed by atoms with Gasteiger partial charge >= 0.3 is 0 Å². The first-order valence-corrected chi connectivity index (χ1v) is 36.3. The summed E-state index contributed by atoms with van der Waals surface area (Å²) in [5, 5.41) is 87.3. The van der Waals surface area contributed by atoms with Crippen molar-refractivity contribution in [2.24, 2.45) is 0 Å². The zero-order valence-electron chi connectivity index (χ0n) is 56.2. The van der Waals surface area contributed by atoms with Crippen LogP contribution in [-0.4, -0.2) is 140 Å². The third-order valence-electron chi connectivity index (χ3n) is 17.3. The van der Waals surface area contributed by atoms with Crippen LogP contribution in [0.25, 0.3) is 0 Å². The number of amides is 1. The van der Waals surface area contributed by atoms with Crippen molar-refractivity contribution in [1.29, 1.82) is 0 Å². The summed E-state index contributed by atoms with van der Waals surface area (Å²) in [6.07, 6.45) is 65.2. The molecule has 14 heteroatoms. The molecule has 0 aromatic carbocycles. The van der Waals surface area contributed by atoms with E-state index in [4.69, 9.17) is 18.9 Å². The van der Waals surface area contributed by atoms with E-state index in [1.807, 2.05) is 6.08 Å². The van der Waals surface area contributed by atoms with Crippen molar-refractivity contribution in [2.75, 3.05) is 19.8 Å². The van der Waals surface area contributed by atoms with Crippen LogP contribution in [0.15, 0.2) is 85.1 Å². The summed E-state index contributed by atoms with van der Waals surface area (Å²) in [5.41, 5.74) is 0. The Labute approximate surface area is 541 Å². The molecule has 0 saturated carbocycles. The van der Waals surface area contributed by atoms with Gasteiger partial charge in [0.2, 0.25) is 5.91 Å². The zero-order valence-corrected chi connectivity index (χ0v) is 56.2. The van der Waals surface area contributed by atoms with Gasteiger partial charge in [0.15, 0.2) is 12.6 Å². The van der Waals surface area contributed by atoms with Gasteiger partial charge in [-0.3, -0.25) is 4.79 Å². The summed E-state index contributed by atoms with van der Waals surface area (Å²) < 4.78 is 22.8. The highest BCUT2D eigenvalue weighted by Crippen LogP contribution is 2.30. The molecule has 2 fully saturated rings. The Morgan fingerprint density at radius 2 is 0.787 bits per heavy atom. The second-order valence-electron chi connectivity index (χ2n) is 25.3. The lowest BCUT2D eigenvalue weighted by molar-refractivity contribution is -0.359. The molecule has 0 aliphatic carbocycles. The lowest BCUT2D eigenvalue weighted by Gasteiger charge is -2.46. The van der Waals surface area contributed by atoms with Crippen molar-refractivity contribution < 1.29 is 64.6 Å². The maximum Gasteiger partial charge on any atom is 0.220 e. The Hall–Kier alpha value is -2.83. The third-order valence-corrected chi connectivity index (χ3v) is 17.3. The van der Waals surface area contributed by atoms with E-state index in [1.165, 1.54) is 193 Å². The van der Waals surface area contributed by atoms with Crippen LogP contribution in [0.1, 0.15) is 290 Å². The molecule has 2 aliphatic heterocycles. The standard InChI is InChI=1S/C75H133NO13/c1-3-5-7-9-11-13-15-17-19-21-22-23-24-25-26-27-28-29-30-31-32-33-34-35-36-37-38-39-40-41-42-43-45-47-49-51-53-55-57-59-67(80)76-63(64(79)58-56-54-52-50-48-46-44-20-18-16-14-12-10-8-6-4-2)62-86-74-72(85)70(83)73(66(61-78)88-74)89-75-71(84)69(82)68(81)65(60-77)87-75/h5,7,11,13,17,19,22-23,25-26,48,50,56,58,63-66,68-75,77-79,81-85H,3-4,6,8-10,12,14-16,18,20-21,24,27-47,49,51-55,57,59-62H2,1-2H3,(H,76,80)/b7-5-,13-11-,19-17-,23-22-,26-25-,50-48+,58-56+. The quantitative estimate of drug-likeness (QED) is 0.0204. The summed E-state index contributed by atoms with van der Waals surface area (Å²) in [6, 6.07) is -0.933. The molecule has 12 atom stereocenters. The average molecular weight is 1260 g/mol. The second kappa shape index (κ2) is 59.0. The normalized spacial score (nSPS) is 23.5. The molecule has 0 bridgehead atoms. The van der Waals surface area contributed by atoms with E-state index in [1.54, 1.807) is 6.08 Å². The van der Waals surface area contributed by atoms with Crippen molar-refractivity contribution in [3.63, 3.8) is 0 Å². The summed E-state index contributed by atoms with van der Waals surface area (Å²) >= 11 is 0. The number of hydrogen-bond acceptors (Lipinski definition) is 13. The molecule has 0 spiro atoms. The fourth-order valence-electron chi connectivity index (χ4n) is 11.6. The third kappa shape index (κ3) is 42.9. The van der Waals surface area contributed by atoms with Crippen LogP contribution in [0.2, 0.25) is 0 Å². The average Bonchev–Trinajstić information content (AvgIpc) is 2.55. The number of allylic oxidation sites excluding steroid dienone is 13. The van der Waals surface area contributed by atoms with E-state index in [-0.39, 0.29) is 18.9 Å². The van der Waals surface area contributed by atoms with Gasteiger partial charge in [-0.1, -0.05) is 292 Å². The predicted octanol–water partition coefficient (Wildman–Crippen LogP) is 15.2. The molecule has 1 amide bonds. The van der Waals surface area contributed by atoms with Crippen molar-refractivity contribution in [1.82, 2.24) is 5.32 Å². The van der Waals surface area contributed by atoms with Gasteiger partial charge in [-0.05, 0) is 77.0 Å². The van der Waals surface area contributed by atoms with E-state index in [2.05, 4.69) is 92.1 Å². The zero-order chi connectivity index (χ0) is 64.5. The van der Waals surface area contributed by atoms with E-state index in [0.717, 1.165) is 64.2 Å². The SMILES string of the molecule is CC/C=C\C/C=C\C/C=C\C/C=C\C/C=C\CCCCCCCCCCCCCCCCCCCCCCCCCC(=O)NC(COC1OC(CO)C(OC2OC(CO)C(O)C(O)C2O)C(O)C1O)C(O)/C=C/CC/C=C/CCCCCCCCCCCC. The fourth-order valence-corrected chi connectivity index (χ4v) is 11.6. The molecular weight excluding hydrogens is 1120 g/mol. The van der Waals surface area contributed by atoms with Gasteiger partial charge in [0.1, 0.15) is 48.8 Å². The van der Waals surface area contributed by atoms with Crippen molar-refractivity contribution in [3.8, 4) is 0 Å². The molecule has 2 rings (SSSR count). The molecule has 0 radical (unpaired) electrons. The smallest absolute Gasteiger partial charge is 0.220 e. The summed E-state index contributed by atoms with van der Waals surface area (Å²) in [6.45, 7) is 2.68. The number of nitrogens with one attached hydrogen (secondary N) is 1. The van der Waals surface area contributed by atoms with E-state index < -0.39 is 86.8 Å². The topological polar surface area (TPSA) is 228 Å². The molecule has 9 N–H and O–H groups in total. The number of aliphatic hydroxyl groups excluding tert-OH is 8. The van der Waals surface area contributed by atoms with Gasteiger partial charge in [0.25, 0.3) is 0 Å². The molecule has 0 aromatic rings. The van der Waals surface area contributed by atoms with Crippen LogP contribution >= 0.6 is 0 Å². The fraction of sp³-hybridized carbons (Fsp3) is 0.800. The highest BCUT2D eigenvalue weighted by Gasteiger charge is 2.51. The molecule has 2 saturated heterocycles. The number of rotatable bonds is 59. The first kappa shape index (κ1) is 82.3. The van der Waals surface area contributed by atoms with Crippen LogP contribution in [0.5, 0.6) is 0 Å². The molecule has 2 aliphatic rings. The molecule has 2 heterocycles.